The Hall–Kier alpha value is -1.19. The second-order valence-electron chi connectivity index (χ2n) is 7.80. The van der Waals surface area contributed by atoms with Crippen LogP contribution >= 0.6 is 0 Å². The summed E-state index contributed by atoms with van der Waals surface area (Å²) < 4.78 is 0. The lowest BCUT2D eigenvalue weighted by molar-refractivity contribution is 0.164. The molecule has 2 heterocycles. The van der Waals surface area contributed by atoms with Gasteiger partial charge in [-0.25, -0.2) is 0 Å². The van der Waals surface area contributed by atoms with Crippen molar-refractivity contribution in [1.82, 2.24) is 15.2 Å². The Bertz CT molecular complexity index is 527. The number of hydrogen-bond acceptors (Lipinski definition) is 3. The van der Waals surface area contributed by atoms with Crippen LogP contribution in [0.3, 0.4) is 0 Å². The number of fused-ring (bicyclic) bond motifs is 2. The Morgan fingerprint density at radius 3 is 3.00 bits per heavy atom. The van der Waals surface area contributed by atoms with Crippen LogP contribution in [0.4, 0.5) is 0 Å². The lowest BCUT2D eigenvalue weighted by Gasteiger charge is -2.33. The van der Waals surface area contributed by atoms with Crippen LogP contribution in [0.5, 0.6) is 0 Å². The minimum Gasteiger partial charge on any atom is -0.316 e. The van der Waals surface area contributed by atoms with Gasteiger partial charge in [-0.1, -0.05) is 18.2 Å². The quantitative estimate of drug-likeness (QED) is 0.818. The summed E-state index contributed by atoms with van der Waals surface area (Å²) in [6.07, 6.45) is 14.3. The van der Waals surface area contributed by atoms with Crippen LogP contribution < -0.4 is 5.32 Å². The molecule has 124 valence electrons. The highest BCUT2D eigenvalue weighted by atomic mass is 15.1. The number of pyridine rings is 1. The topological polar surface area (TPSA) is 28.2 Å². The molecular formula is C20H29N3. The molecule has 2 fully saturated rings. The maximum atomic E-state index is 4.24. The number of likely N-dealkylation sites (tertiary alicyclic amines) is 1. The molecule has 1 saturated carbocycles. The highest BCUT2D eigenvalue weighted by Gasteiger charge is 2.35. The molecule has 3 aliphatic rings. The standard InChI is InChI=1S/C20H29N3/c1-3-17(11-21-7-1)14-23-8-2-4-18(15-23)12-22-13-20-10-16-5-6-19(20)9-16/h1,3,5-7,11,16,18-20,22H,2,4,8-10,12-15H2. The monoisotopic (exact) mass is 311 g/mol. The zero-order valence-electron chi connectivity index (χ0n) is 14.0. The number of allylic oxidation sites excluding steroid dienone is 2. The van der Waals surface area contributed by atoms with Crippen LogP contribution in [0, 0.1) is 23.7 Å². The van der Waals surface area contributed by atoms with Crippen molar-refractivity contribution >= 4 is 0 Å². The van der Waals surface area contributed by atoms with Crippen molar-refractivity contribution in [1.29, 1.82) is 0 Å². The van der Waals surface area contributed by atoms with Gasteiger partial charge in [0.1, 0.15) is 0 Å². The van der Waals surface area contributed by atoms with Crippen molar-refractivity contribution in [3.8, 4) is 0 Å². The van der Waals surface area contributed by atoms with Gasteiger partial charge in [0.25, 0.3) is 0 Å². The normalized spacial score (nSPS) is 33.4. The van der Waals surface area contributed by atoms with E-state index in [9.17, 15) is 0 Å². The fourth-order valence-corrected chi connectivity index (χ4v) is 4.81. The van der Waals surface area contributed by atoms with Gasteiger partial charge in [-0.15, -0.1) is 0 Å². The summed E-state index contributed by atoms with van der Waals surface area (Å²) >= 11 is 0. The molecule has 0 spiro atoms. The summed E-state index contributed by atoms with van der Waals surface area (Å²) in [5.41, 5.74) is 1.34. The second-order valence-corrected chi connectivity index (χ2v) is 7.80. The Labute approximate surface area is 140 Å². The summed E-state index contributed by atoms with van der Waals surface area (Å²) in [5, 5.41) is 3.79. The number of nitrogens with one attached hydrogen (secondary N) is 1. The predicted molar refractivity (Wildman–Crippen MR) is 94.0 cm³/mol. The summed E-state index contributed by atoms with van der Waals surface area (Å²) in [7, 11) is 0. The van der Waals surface area contributed by atoms with Gasteiger partial charge < -0.3 is 5.32 Å². The van der Waals surface area contributed by atoms with Gasteiger partial charge in [-0.2, -0.15) is 0 Å². The fourth-order valence-electron chi connectivity index (χ4n) is 4.81. The molecule has 0 aromatic carbocycles. The van der Waals surface area contributed by atoms with Gasteiger partial charge in [0.15, 0.2) is 0 Å². The Morgan fingerprint density at radius 2 is 2.22 bits per heavy atom. The summed E-state index contributed by atoms with van der Waals surface area (Å²) in [5.74, 6) is 3.49. The van der Waals surface area contributed by atoms with Crippen molar-refractivity contribution in [3.05, 3.63) is 42.2 Å². The number of rotatable bonds is 6. The van der Waals surface area contributed by atoms with Crippen molar-refractivity contribution in [3.63, 3.8) is 0 Å². The molecule has 2 bridgehead atoms. The van der Waals surface area contributed by atoms with Gasteiger partial charge in [0.2, 0.25) is 0 Å². The number of aromatic nitrogens is 1. The molecule has 0 amide bonds. The first-order valence-corrected chi connectivity index (χ1v) is 9.37. The summed E-state index contributed by atoms with van der Waals surface area (Å²) in [6, 6.07) is 4.24. The van der Waals surface area contributed by atoms with Crippen molar-refractivity contribution in [2.75, 3.05) is 26.2 Å². The molecule has 2 aliphatic carbocycles. The first-order chi connectivity index (χ1) is 11.4. The molecular weight excluding hydrogens is 282 g/mol. The Kier molecular flexibility index (Phi) is 4.77. The Balaban J connectivity index is 1.20. The van der Waals surface area contributed by atoms with Gasteiger partial charge in [0.05, 0.1) is 0 Å². The van der Waals surface area contributed by atoms with E-state index in [1.165, 1.54) is 57.4 Å². The fraction of sp³-hybridized carbons (Fsp3) is 0.650. The molecule has 1 saturated heterocycles. The summed E-state index contributed by atoms with van der Waals surface area (Å²) in [4.78, 5) is 6.84. The molecule has 4 atom stereocenters. The highest BCUT2D eigenvalue weighted by molar-refractivity contribution is 5.10. The molecule has 1 aromatic heterocycles. The van der Waals surface area contributed by atoms with E-state index in [0.717, 1.165) is 30.2 Å². The maximum Gasteiger partial charge on any atom is 0.0312 e. The summed E-state index contributed by atoms with van der Waals surface area (Å²) in [6.45, 7) is 5.95. The van der Waals surface area contributed by atoms with Gasteiger partial charge in [0, 0.05) is 25.5 Å². The number of nitrogens with zero attached hydrogens (tertiary/aromatic N) is 2. The third-order valence-electron chi connectivity index (χ3n) is 5.99. The third-order valence-corrected chi connectivity index (χ3v) is 5.99. The molecule has 1 N–H and O–H groups in total. The Morgan fingerprint density at radius 1 is 1.22 bits per heavy atom. The molecule has 3 nitrogen and oxygen atoms in total. The van der Waals surface area contributed by atoms with E-state index in [4.69, 9.17) is 0 Å². The SMILES string of the molecule is C1=CC2CC1CC2CNCC1CCCN(Cc2cccnc2)C1. The zero-order valence-corrected chi connectivity index (χ0v) is 14.0. The van der Waals surface area contributed by atoms with E-state index in [2.05, 4.69) is 33.4 Å². The lowest BCUT2D eigenvalue weighted by atomic mass is 9.93. The van der Waals surface area contributed by atoms with E-state index in [1.807, 2.05) is 18.5 Å². The molecule has 1 aromatic rings. The van der Waals surface area contributed by atoms with Crippen LogP contribution in [-0.2, 0) is 6.54 Å². The van der Waals surface area contributed by atoms with Crippen LogP contribution in [0.1, 0.15) is 31.2 Å². The average molecular weight is 311 g/mol. The molecule has 3 heteroatoms. The molecule has 23 heavy (non-hydrogen) atoms. The highest BCUT2D eigenvalue weighted by Crippen LogP contribution is 2.42. The largest absolute Gasteiger partial charge is 0.316 e. The van der Waals surface area contributed by atoms with Crippen molar-refractivity contribution < 1.29 is 0 Å². The van der Waals surface area contributed by atoms with Crippen molar-refractivity contribution in [2.45, 2.75) is 32.2 Å². The maximum absolute atomic E-state index is 4.24. The smallest absolute Gasteiger partial charge is 0.0312 e. The van der Waals surface area contributed by atoms with Gasteiger partial charge >= 0.3 is 0 Å². The average Bonchev–Trinajstić information content (AvgIpc) is 3.19. The van der Waals surface area contributed by atoms with Crippen LogP contribution in [0.25, 0.3) is 0 Å². The van der Waals surface area contributed by atoms with Gasteiger partial charge in [-0.3, -0.25) is 9.88 Å². The van der Waals surface area contributed by atoms with Crippen LogP contribution in [0.15, 0.2) is 36.7 Å². The van der Waals surface area contributed by atoms with Gasteiger partial charge in [-0.05, 0) is 80.6 Å². The third kappa shape index (κ3) is 3.84. The first kappa shape index (κ1) is 15.3. The zero-order chi connectivity index (χ0) is 15.5. The minimum absolute atomic E-state index is 0.814. The lowest BCUT2D eigenvalue weighted by Crippen LogP contribution is -2.40. The molecule has 4 unspecified atom stereocenters. The first-order valence-electron chi connectivity index (χ1n) is 9.37. The number of hydrogen-bond donors (Lipinski definition) is 1. The van der Waals surface area contributed by atoms with E-state index >= 15 is 0 Å². The molecule has 4 rings (SSSR count). The van der Waals surface area contributed by atoms with E-state index in [1.54, 1.807) is 0 Å². The van der Waals surface area contributed by atoms with E-state index < -0.39 is 0 Å². The van der Waals surface area contributed by atoms with Crippen molar-refractivity contribution in [2.24, 2.45) is 23.7 Å². The van der Waals surface area contributed by atoms with E-state index in [0.29, 0.717) is 0 Å². The minimum atomic E-state index is 0.814. The molecule has 0 radical (unpaired) electrons. The van der Waals surface area contributed by atoms with E-state index in [-0.39, 0.29) is 0 Å². The molecule has 1 aliphatic heterocycles. The number of piperidine rings is 1. The van der Waals surface area contributed by atoms with Crippen LogP contribution in [0.2, 0.25) is 0 Å². The van der Waals surface area contributed by atoms with Crippen LogP contribution in [-0.4, -0.2) is 36.1 Å². The second kappa shape index (κ2) is 7.14. The predicted octanol–water partition coefficient (Wildman–Crippen LogP) is 3.10.